The Morgan fingerprint density at radius 1 is 1.26 bits per heavy atom. The highest BCUT2D eigenvalue weighted by Gasteiger charge is 2.33. The van der Waals surface area contributed by atoms with Crippen LogP contribution in [0.5, 0.6) is 5.75 Å². The maximum Gasteiger partial charge on any atom is 0.434 e. The zero-order valence-corrected chi connectivity index (χ0v) is 16.3. The molecule has 27 heavy (non-hydrogen) atoms. The monoisotopic (exact) mass is 400 g/mol. The Labute approximate surface area is 160 Å². The highest BCUT2D eigenvalue weighted by atomic mass is 32.1. The van der Waals surface area contributed by atoms with Crippen LogP contribution in [0.2, 0.25) is 0 Å². The van der Waals surface area contributed by atoms with E-state index in [0.29, 0.717) is 24.1 Å². The molecule has 2 aromatic rings. The number of nitrogens with one attached hydrogen (secondary N) is 2. The Kier molecular flexibility index (Phi) is 7.46. The van der Waals surface area contributed by atoms with Crippen LogP contribution in [0, 0.1) is 6.92 Å². The largest absolute Gasteiger partial charge is 0.493 e. The minimum Gasteiger partial charge on any atom is -0.493 e. The molecule has 0 aliphatic rings. The lowest BCUT2D eigenvalue weighted by atomic mass is 10.1. The van der Waals surface area contributed by atoms with E-state index in [0.717, 1.165) is 40.0 Å². The van der Waals surface area contributed by atoms with Gasteiger partial charge in [-0.3, -0.25) is 4.99 Å². The van der Waals surface area contributed by atoms with Crippen LogP contribution < -0.4 is 15.4 Å². The smallest absolute Gasteiger partial charge is 0.434 e. The van der Waals surface area contributed by atoms with Crippen molar-refractivity contribution in [2.75, 3.05) is 13.7 Å². The summed E-state index contributed by atoms with van der Waals surface area (Å²) in [6, 6.07) is 5.97. The fourth-order valence-electron chi connectivity index (χ4n) is 2.24. The Hall–Kier alpha value is -2.29. The lowest BCUT2D eigenvalue weighted by Crippen LogP contribution is -2.36. The van der Waals surface area contributed by atoms with Gasteiger partial charge in [0.15, 0.2) is 11.7 Å². The van der Waals surface area contributed by atoms with Crippen molar-refractivity contribution in [1.29, 1.82) is 0 Å². The summed E-state index contributed by atoms with van der Waals surface area (Å²) in [5.74, 6) is 1.29. The highest BCUT2D eigenvalue weighted by molar-refractivity contribution is 7.09. The lowest BCUT2D eigenvalue weighted by Gasteiger charge is -2.15. The van der Waals surface area contributed by atoms with Crippen LogP contribution in [-0.2, 0) is 19.3 Å². The Bertz CT molecular complexity index is 774. The second-order valence-electron chi connectivity index (χ2n) is 5.86. The number of thiazole rings is 1. The van der Waals surface area contributed by atoms with Gasteiger partial charge in [-0.25, -0.2) is 4.98 Å². The van der Waals surface area contributed by atoms with E-state index in [1.54, 1.807) is 7.05 Å². The van der Waals surface area contributed by atoms with Gasteiger partial charge in [0.25, 0.3) is 0 Å². The van der Waals surface area contributed by atoms with Gasteiger partial charge in [-0.05, 0) is 25.0 Å². The van der Waals surface area contributed by atoms with Crippen LogP contribution in [-0.4, -0.2) is 24.6 Å². The number of benzene rings is 1. The zero-order chi connectivity index (χ0) is 19.9. The fourth-order valence-corrected chi connectivity index (χ4v) is 2.98. The van der Waals surface area contributed by atoms with E-state index in [-0.39, 0.29) is 6.54 Å². The molecular weight excluding hydrogens is 377 g/mol. The number of hydrogen-bond donors (Lipinski definition) is 2. The molecular formula is C18H23F3N4OS. The summed E-state index contributed by atoms with van der Waals surface area (Å²) in [5, 5.41) is 7.47. The van der Waals surface area contributed by atoms with Crippen molar-refractivity contribution in [3.63, 3.8) is 0 Å². The summed E-state index contributed by atoms with van der Waals surface area (Å²) < 4.78 is 43.6. The van der Waals surface area contributed by atoms with Crippen molar-refractivity contribution in [2.45, 2.75) is 39.5 Å². The molecule has 9 heteroatoms. The van der Waals surface area contributed by atoms with E-state index in [2.05, 4.69) is 20.6 Å². The van der Waals surface area contributed by atoms with E-state index < -0.39 is 11.9 Å². The molecule has 1 aromatic carbocycles. The number of halogens is 3. The first-order chi connectivity index (χ1) is 12.8. The maximum atomic E-state index is 12.6. The second-order valence-corrected chi connectivity index (χ2v) is 6.81. The predicted molar refractivity (Wildman–Crippen MR) is 101 cm³/mol. The van der Waals surface area contributed by atoms with Gasteiger partial charge in [0, 0.05) is 24.5 Å². The molecule has 0 unspecified atom stereocenters. The molecule has 0 aliphatic heterocycles. The quantitative estimate of drug-likeness (QED) is 0.542. The summed E-state index contributed by atoms with van der Waals surface area (Å²) in [4.78, 5) is 7.68. The molecule has 2 N–H and O–H groups in total. The molecule has 0 amide bonds. The zero-order valence-electron chi connectivity index (χ0n) is 15.5. The van der Waals surface area contributed by atoms with E-state index in [9.17, 15) is 13.2 Å². The average molecular weight is 400 g/mol. The first-order valence-electron chi connectivity index (χ1n) is 8.52. The highest BCUT2D eigenvalue weighted by Crippen LogP contribution is 2.29. The number of guanidine groups is 1. The van der Waals surface area contributed by atoms with Crippen molar-refractivity contribution in [2.24, 2.45) is 4.99 Å². The summed E-state index contributed by atoms with van der Waals surface area (Å²) >= 11 is 0.960. The molecule has 2 rings (SSSR count). The number of nitrogens with zero attached hydrogens (tertiary/aromatic N) is 2. The molecule has 0 aliphatic carbocycles. The number of rotatable bonds is 7. The van der Waals surface area contributed by atoms with E-state index in [1.165, 1.54) is 0 Å². The normalized spacial score (nSPS) is 12.1. The number of hydrogen-bond acceptors (Lipinski definition) is 4. The summed E-state index contributed by atoms with van der Waals surface area (Å²) in [7, 11) is 1.60. The van der Waals surface area contributed by atoms with Gasteiger partial charge in [0.05, 0.1) is 13.2 Å². The van der Waals surface area contributed by atoms with Crippen LogP contribution in [0.1, 0.15) is 35.2 Å². The van der Waals surface area contributed by atoms with Crippen LogP contribution in [0.4, 0.5) is 13.2 Å². The van der Waals surface area contributed by atoms with Gasteiger partial charge in [-0.2, -0.15) is 13.2 Å². The van der Waals surface area contributed by atoms with Gasteiger partial charge in [-0.1, -0.05) is 19.1 Å². The molecule has 0 radical (unpaired) electrons. The third-order valence-electron chi connectivity index (χ3n) is 3.60. The van der Waals surface area contributed by atoms with Crippen molar-refractivity contribution in [1.82, 2.24) is 15.6 Å². The molecule has 5 nitrogen and oxygen atoms in total. The van der Waals surface area contributed by atoms with E-state index in [1.807, 2.05) is 32.0 Å². The van der Waals surface area contributed by atoms with Crippen molar-refractivity contribution >= 4 is 17.3 Å². The van der Waals surface area contributed by atoms with Gasteiger partial charge in [0.1, 0.15) is 10.8 Å². The van der Waals surface area contributed by atoms with Gasteiger partial charge < -0.3 is 15.4 Å². The number of aliphatic imine (C=N–C) groups is 1. The van der Waals surface area contributed by atoms with E-state index >= 15 is 0 Å². The summed E-state index contributed by atoms with van der Waals surface area (Å²) in [5.41, 5.74) is 1.21. The van der Waals surface area contributed by atoms with Crippen molar-refractivity contribution in [3.8, 4) is 5.75 Å². The standard InChI is InChI=1S/C18H23F3N4OS/c1-4-7-26-14-8-12(2)5-6-13(14)9-23-17(22-3)24-10-16-25-15(11-27-16)18(19,20)21/h5-6,8,11H,4,7,9-10H2,1-3H3,(H2,22,23,24). The first-order valence-corrected chi connectivity index (χ1v) is 9.40. The van der Waals surface area contributed by atoms with Crippen molar-refractivity contribution < 1.29 is 17.9 Å². The SMILES string of the molecule is CCCOc1cc(C)ccc1CNC(=NC)NCc1nc(C(F)(F)F)cs1. The van der Waals surface area contributed by atoms with Gasteiger partial charge in [-0.15, -0.1) is 11.3 Å². The second kappa shape index (κ2) is 9.59. The Morgan fingerprint density at radius 2 is 2.00 bits per heavy atom. The average Bonchev–Trinajstić information content (AvgIpc) is 3.10. The third-order valence-corrected chi connectivity index (χ3v) is 4.45. The number of alkyl halides is 3. The van der Waals surface area contributed by atoms with Crippen LogP contribution in [0.25, 0.3) is 0 Å². The van der Waals surface area contributed by atoms with E-state index in [4.69, 9.17) is 4.74 Å². The molecule has 0 fully saturated rings. The predicted octanol–water partition coefficient (Wildman–Crippen LogP) is 4.12. The minimum absolute atomic E-state index is 0.160. The Balaban J connectivity index is 1.93. The third kappa shape index (κ3) is 6.42. The maximum absolute atomic E-state index is 12.6. The molecule has 0 bridgehead atoms. The fraction of sp³-hybridized carbons (Fsp3) is 0.444. The summed E-state index contributed by atoms with van der Waals surface area (Å²) in [6.45, 7) is 5.31. The number of aryl methyl sites for hydroxylation is 1. The van der Waals surface area contributed by atoms with Crippen LogP contribution in [0.15, 0.2) is 28.6 Å². The molecule has 0 saturated heterocycles. The Morgan fingerprint density at radius 3 is 2.63 bits per heavy atom. The van der Waals surface area contributed by atoms with Gasteiger partial charge in [0.2, 0.25) is 0 Å². The molecule has 1 heterocycles. The molecule has 0 saturated carbocycles. The summed E-state index contributed by atoms with van der Waals surface area (Å²) in [6.07, 6.45) is -3.51. The van der Waals surface area contributed by atoms with Crippen LogP contribution >= 0.6 is 11.3 Å². The first kappa shape index (κ1) is 21.0. The number of ether oxygens (including phenoxy) is 1. The molecule has 0 spiro atoms. The minimum atomic E-state index is -4.42. The van der Waals surface area contributed by atoms with Crippen LogP contribution in [0.3, 0.4) is 0 Å². The molecule has 148 valence electrons. The van der Waals surface area contributed by atoms with Crippen molar-refractivity contribution in [3.05, 3.63) is 45.4 Å². The number of aromatic nitrogens is 1. The molecule has 1 aromatic heterocycles. The molecule has 0 atom stereocenters. The van der Waals surface area contributed by atoms with Gasteiger partial charge >= 0.3 is 6.18 Å². The lowest BCUT2D eigenvalue weighted by molar-refractivity contribution is -0.140. The topological polar surface area (TPSA) is 58.5 Å².